The van der Waals surface area contributed by atoms with Crippen LogP contribution in [0.1, 0.15) is 31.8 Å². The van der Waals surface area contributed by atoms with E-state index in [-0.39, 0.29) is 5.91 Å². The van der Waals surface area contributed by atoms with Crippen LogP contribution in [-0.2, 0) is 11.3 Å². The SMILES string of the molecule is Cc1ccc(CN(C)C(=O)CN2CC(C)CC(C)C2)o1. The fourth-order valence-corrected chi connectivity index (χ4v) is 3.13. The minimum absolute atomic E-state index is 0.167. The Morgan fingerprint density at radius 3 is 2.55 bits per heavy atom. The number of hydrogen-bond acceptors (Lipinski definition) is 3. The van der Waals surface area contributed by atoms with Gasteiger partial charge in [-0.05, 0) is 37.3 Å². The predicted octanol–water partition coefficient (Wildman–Crippen LogP) is 2.52. The zero-order valence-electron chi connectivity index (χ0n) is 13.1. The van der Waals surface area contributed by atoms with E-state index in [4.69, 9.17) is 4.42 Å². The lowest BCUT2D eigenvalue weighted by Gasteiger charge is -2.35. The van der Waals surface area contributed by atoms with Crippen molar-refractivity contribution in [3.63, 3.8) is 0 Å². The highest BCUT2D eigenvalue weighted by Gasteiger charge is 2.24. The summed E-state index contributed by atoms with van der Waals surface area (Å²) in [5, 5.41) is 0. The second kappa shape index (κ2) is 6.44. The number of piperidine rings is 1. The van der Waals surface area contributed by atoms with Crippen molar-refractivity contribution in [1.82, 2.24) is 9.80 Å². The van der Waals surface area contributed by atoms with Crippen molar-refractivity contribution in [3.8, 4) is 0 Å². The normalized spacial score (nSPS) is 23.8. The van der Waals surface area contributed by atoms with Gasteiger partial charge in [0.05, 0.1) is 13.1 Å². The molecule has 0 radical (unpaired) electrons. The monoisotopic (exact) mass is 278 g/mol. The molecule has 1 aromatic rings. The Morgan fingerprint density at radius 2 is 2.00 bits per heavy atom. The van der Waals surface area contributed by atoms with Gasteiger partial charge in [-0.2, -0.15) is 0 Å². The number of amides is 1. The summed E-state index contributed by atoms with van der Waals surface area (Å²) in [7, 11) is 1.84. The highest BCUT2D eigenvalue weighted by molar-refractivity contribution is 5.77. The van der Waals surface area contributed by atoms with Gasteiger partial charge in [-0.1, -0.05) is 13.8 Å². The van der Waals surface area contributed by atoms with E-state index >= 15 is 0 Å². The van der Waals surface area contributed by atoms with Crippen LogP contribution >= 0.6 is 0 Å². The smallest absolute Gasteiger partial charge is 0.236 e. The molecule has 2 unspecified atom stereocenters. The van der Waals surface area contributed by atoms with Crippen molar-refractivity contribution in [3.05, 3.63) is 23.7 Å². The van der Waals surface area contributed by atoms with Crippen LogP contribution in [0, 0.1) is 18.8 Å². The van der Waals surface area contributed by atoms with Crippen LogP contribution in [-0.4, -0.2) is 42.4 Å². The molecule has 20 heavy (non-hydrogen) atoms. The fourth-order valence-electron chi connectivity index (χ4n) is 3.13. The molecule has 4 nitrogen and oxygen atoms in total. The first-order valence-electron chi connectivity index (χ1n) is 7.45. The first-order chi connectivity index (χ1) is 9.44. The molecule has 1 aliphatic rings. The molecule has 2 atom stereocenters. The lowest BCUT2D eigenvalue weighted by atomic mass is 9.92. The molecule has 0 spiro atoms. The summed E-state index contributed by atoms with van der Waals surface area (Å²) in [6.07, 6.45) is 1.27. The number of likely N-dealkylation sites (N-methyl/N-ethyl adjacent to an activating group) is 1. The Labute approximate surface area is 121 Å². The average Bonchev–Trinajstić information content (AvgIpc) is 2.73. The van der Waals surface area contributed by atoms with E-state index in [1.807, 2.05) is 26.1 Å². The molecule has 0 saturated carbocycles. The maximum atomic E-state index is 12.3. The average molecular weight is 278 g/mol. The zero-order chi connectivity index (χ0) is 14.7. The van der Waals surface area contributed by atoms with Gasteiger partial charge in [0.2, 0.25) is 5.91 Å². The Bertz CT molecular complexity index is 445. The van der Waals surface area contributed by atoms with Crippen LogP contribution in [0.2, 0.25) is 0 Å². The molecule has 2 rings (SSSR count). The fraction of sp³-hybridized carbons (Fsp3) is 0.688. The maximum absolute atomic E-state index is 12.3. The minimum Gasteiger partial charge on any atom is -0.464 e. The quantitative estimate of drug-likeness (QED) is 0.849. The molecule has 1 fully saturated rings. The highest BCUT2D eigenvalue weighted by Crippen LogP contribution is 2.20. The molecule has 0 N–H and O–H groups in total. The van der Waals surface area contributed by atoms with Crippen molar-refractivity contribution in [2.75, 3.05) is 26.7 Å². The Hall–Kier alpha value is -1.29. The lowest BCUT2D eigenvalue weighted by Crippen LogP contribution is -2.44. The Balaban J connectivity index is 1.84. The molecule has 4 heteroatoms. The lowest BCUT2D eigenvalue weighted by molar-refractivity contribution is -0.132. The first-order valence-corrected chi connectivity index (χ1v) is 7.45. The van der Waals surface area contributed by atoms with Crippen LogP contribution in [0.15, 0.2) is 16.5 Å². The number of rotatable bonds is 4. The van der Waals surface area contributed by atoms with Gasteiger partial charge < -0.3 is 9.32 Å². The van der Waals surface area contributed by atoms with Crippen LogP contribution in [0.5, 0.6) is 0 Å². The molecule has 1 aliphatic heterocycles. The van der Waals surface area contributed by atoms with E-state index in [9.17, 15) is 4.79 Å². The van der Waals surface area contributed by atoms with Crippen molar-refractivity contribution >= 4 is 5.91 Å². The van der Waals surface area contributed by atoms with E-state index in [0.29, 0.717) is 24.9 Å². The number of aryl methyl sites for hydroxylation is 1. The van der Waals surface area contributed by atoms with Gasteiger partial charge in [0, 0.05) is 20.1 Å². The molecular weight excluding hydrogens is 252 g/mol. The maximum Gasteiger partial charge on any atom is 0.236 e. The van der Waals surface area contributed by atoms with Gasteiger partial charge in [0.25, 0.3) is 0 Å². The topological polar surface area (TPSA) is 36.7 Å². The third-order valence-corrected chi connectivity index (χ3v) is 3.92. The van der Waals surface area contributed by atoms with E-state index in [1.54, 1.807) is 4.90 Å². The van der Waals surface area contributed by atoms with E-state index in [1.165, 1.54) is 6.42 Å². The van der Waals surface area contributed by atoms with Crippen molar-refractivity contribution in [2.45, 2.75) is 33.7 Å². The summed E-state index contributed by atoms with van der Waals surface area (Å²) in [4.78, 5) is 16.3. The first kappa shape index (κ1) is 15.1. The molecule has 0 aromatic carbocycles. The number of furan rings is 1. The largest absolute Gasteiger partial charge is 0.464 e. The van der Waals surface area contributed by atoms with Gasteiger partial charge in [-0.15, -0.1) is 0 Å². The Morgan fingerprint density at radius 1 is 1.35 bits per heavy atom. The summed E-state index contributed by atoms with van der Waals surface area (Å²) in [6.45, 7) is 9.58. The van der Waals surface area contributed by atoms with Crippen molar-refractivity contribution < 1.29 is 9.21 Å². The van der Waals surface area contributed by atoms with Crippen molar-refractivity contribution in [1.29, 1.82) is 0 Å². The van der Waals surface area contributed by atoms with Crippen molar-refractivity contribution in [2.24, 2.45) is 11.8 Å². The molecule has 1 saturated heterocycles. The highest BCUT2D eigenvalue weighted by atomic mass is 16.3. The van der Waals surface area contributed by atoms with Gasteiger partial charge in [-0.3, -0.25) is 9.69 Å². The molecule has 2 heterocycles. The number of likely N-dealkylation sites (tertiary alicyclic amines) is 1. The van der Waals surface area contributed by atoms with E-state index in [0.717, 1.165) is 24.6 Å². The predicted molar refractivity (Wildman–Crippen MR) is 79.3 cm³/mol. The molecule has 1 aromatic heterocycles. The third kappa shape index (κ3) is 4.10. The second-order valence-electron chi connectivity index (χ2n) is 6.40. The van der Waals surface area contributed by atoms with E-state index < -0.39 is 0 Å². The summed E-state index contributed by atoms with van der Waals surface area (Å²) in [5.41, 5.74) is 0. The Kier molecular flexibility index (Phi) is 4.86. The summed E-state index contributed by atoms with van der Waals surface area (Å²) < 4.78 is 5.52. The standard InChI is InChI=1S/C16H26N2O2/c1-12-7-13(2)9-18(8-12)11-16(19)17(4)10-15-6-5-14(3)20-15/h5-6,12-13H,7-11H2,1-4H3. The van der Waals surface area contributed by atoms with Crippen LogP contribution in [0.4, 0.5) is 0 Å². The summed E-state index contributed by atoms with van der Waals surface area (Å²) in [6, 6.07) is 3.87. The van der Waals surface area contributed by atoms with Gasteiger partial charge >= 0.3 is 0 Å². The van der Waals surface area contributed by atoms with Gasteiger partial charge in [0.1, 0.15) is 11.5 Å². The minimum atomic E-state index is 0.167. The number of hydrogen-bond donors (Lipinski definition) is 0. The number of carbonyl (C=O) groups excluding carboxylic acids is 1. The molecule has 0 aliphatic carbocycles. The number of nitrogens with zero attached hydrogens (tertiary/aromatic N) is 2. The van der Waals surface area contributed by atoms with Crippen LogP contribution in [0.3, 0.4) is 0 Å². The van der Waals surface area contributed by atoms with Crippen LogP contribution in [0.25, 0.3) is 0 Å². The molecule has 112 valence electrons. The van der Waals surface area contributed by atoms with E-state index in [2.05, 4.69) is 18.7 Å². The molecular formula is C16H26N2O2. The van der Waals surface area contributed by atoms with Gasteiger partial charge in [-0.25, -0.2) is 0 Å². The third-order valence-electron chi connectivity index (χ3n) is 3.92. The summed E-state index contributed by atoms with van der Waals surface area (Å²) in [5.74, 6) is 3.27. The summed E-state index contributed by atoms with van der Waals surface area (Å²) >= 11 is 0. The molecule has 1 amide bonds. The van der Waals surface area contributed by atoms with Crippen LogP contribution < -0.4 is 0 Å². The molecule has 0 bridgehead atoms. The number of carbonyl (C=O) groups is 1. The zero-order valence-corrected chi connectivity index (χ0v) is 13.1. The second-order valence-corrected chi connectivity index (χ2v) is 6.40. The van der Waals surface area contributed by atoms with Gasteiger partial charge in [0.15, 0.2) is 0 Å².